The molecule has 3 fully saturated rings. The van der Waals surface area contributed by atoms with Crippen LogP contribution in [0.15, 0.2) is 0 Å². The molecule has 3 rings (SSSR count). The van der Waals surface area contributed by atoms with Crippen LogP contribution in [0.4, 0.5) is 0 Å². The molecule has 3 aliphatic rings. The lowest BCUT2D eigenvalue weighted by Gasteiger charge is -2.29. The summed E-state index contributed by atoms with van der Waals surface area (Å²) in [7, 11) is 0. The summed E-state index contributed by atoms with van der Waals surface area (Å²) < 4.78 is 11.7. The molecule has 13 heavy (non-hydrogen) atoms. The van der Waals surface area contributed by atoms with E-state index >= 15 is 0 Å². The predicted octanol–water partition coefficient (Wildman–Crippen LogP) is 1.24. The molecule has 0 aromatic carbocycles. The van der Waals surface area contributed by atoms with Crippen LogP contribution in [0.5, 0.6) is 0 Å². The molecular formula is C10H17NO2. The van der Waals surface area contributed by atoms with Gasteiger partial charge in [0.15, 0.2) is 5.79 Å². The molecule has 0 bridgehead atoms. The molecule has 74 valence electrons. The summed E-state index contributed by atoms with van der Waals surface area (Å²) in [6, 6.07) is 0. The van der Waals surface area contributed by atoms with Crippen LogP contribution in [0, 0.1) is 5.41 Å². The van der Waals surface area contributed by atoms with Crippen molar-refractivity contribution in [3.63, 3.8) is 0 Å². The van der Waals surface area contributed by atoms with Crippen molar-refractivity contribution in [1.82, 2.24) is 5.32 Å². The van der Waals surface area contributed by atoms with Gasteiger partial charge in [-0.3, -0.25) is 5.32 Å². The van der Waals surface area contributed by atoms with Crippen molar-refractivity contribution >= 4 is 0 Å². The van der Waals surface area contributed by atoms with E-state index in [9.17, 15) is 0 Å². The largest absolute Gasteiger partial charge is 0.347 e. The second kappa shape index (κ2) is 2.10. The Hall–Kier alpha value is -0.120. The van der Waals surface area contributed by atoms with Gasteiger partial charge >= 0.3 is 0 Å². The Bertz CT molecular complexity index is 247. The summed E-state index contributed by atoms with van der Waals surface area (Å²) in [5.41, 5.74) is 0.461. The highest BCUT2D eigenvalue weighted by Crippen LogP contribution is 2.57. The first kappa shape index (κ1) is 8.21. The van der Waals surface area contributed by atoms with Crippen LogP contribution in [-0.4, -0.2) is 24.7 Å². The van der Waals surface area contributed by atoms with Gasteiger partial charge < -0.3 is 9.47 Å². The number of hydrogen-bond acceptors (Lipinski definition) is 3. The number of nitrogens with one attached hydrogen (secondary N) is 1. The third-order valence-corrected chi connectivity index (χ3v) is 3.60. The molecule has 3 nitrogen and oxygen atoms in total. The van der Waals surface area contributed by atoms with Gasteiger partial charge in [0, 0.05) is 6.42 Å². The molecule has 0 radical (unpaired) electrons. The maximum absolute atomic E-state index is 5.91. The van der Waals surface area contributed by atoms with Crippen LogP contribution < -0.4 is 5.32 Å². The van der Waals surface area contributed by atoms with E-state index in [1.807, 2.05) is 0 Å². The molecule has 1 N–H and O–H groups in total. The molecule has 2 aliphatic heterocycles. The Morgan fingerprint density at radius 3 is 2.46 bits per heavy atom. The lowest BCUT2D eigenvalue weighted by Crippen LogP contribution is -2.45. The van der Waals surface area contributed by atoms with Crippen LogP contribution in [-0.2, 0) is 9.47 Å². The average Bonchev–Trinajstić information content (AvgIpc) is 2.64. The van der Waals surface area contributed by atoms with Crippen molar-refractivity contribution in [2.24, 2.45) is 5.41 Å². The summed E-state index contributed by atoms with van der Waals surface area (Å²) in [6.07, 6.45) is 3.46. The van der Waals surface area contributed by atoms with Gasteiger partial charge in [-0.25, -0.2) is 0 Å². The maximum Gasteiger partial charge on any atom is 0.188 e. The molecule has 1 atom stereocenters. The summed E-state index contributed by atoms with van der Waals surface area (Å²) >= 11 is 0. The second-order valence-corrected chi connectivity index (χ2v) is 5.43. The van der Waals surface area contributed by atoms with Gasteiger partial charge in [-0.1, -0.05) is 13.8 Å². The monoisotopic (exact) mass is 183 g/mol. The van der Waals surface area contributed by atoms with Crippen molar-refractivity contribution in [3.05, 3.63) is 0 Å². The fourth-order valence-corrected chi connectivity index (χ4v) is 2.69. The molecule has 1 unspecified atom stereocenters. The van der Waals surface area contributed by atoms with E-state index in [-0.39, 0.29) is 16.7 Å². The van der Waals surface area contributed by atoms with E-state index < -0.39 is 0 Å². The summed E-state index contributed by atoms with van der Waals surface area (Å²) in [6.45, 7) is 5.99. The molecule has 0 amide bonds. The summed E-state index contributed by atoms with van der Waals surface area (Å²) in [5.74, 6) is -0.281. The number of ether oxygens (including phenoxy) is 2. The predicted molar refractivity (Wildman–Crippen MR) is 48.1 cm³/mol. The summed E-state index contributed by atoms with van der Waals surface area (Å²) in [4.78, 5) is 0. The SMILES string of the molecule is CC1(C)COC2(C1)OCNC21CC1. The highest BCUT2D eigenvalue weighted by molar-refractivity contribution is 5.17. The van der Waals surface area contributed by atoms with E-state index in [1.54, 1.807) is 0 Å². The molecule has 1 saturated carbocycles. The minimum atomic E-state index is -0.281. The zero-order valence-electron chi connectivity index (χ0n) is 8.35. The molecule has 2 spiro atoms. The standard InChI is InChI=1S/C10H17NO2/c1-8(2)5-10(12-6-8)9(3-4-9)11-7-13-10/h11H,3-7H2,1-2H3. The first-order valence-corrected chi connectivity index (χ1v) is 5.11. The molecule has 2 saturated heterocycles. The van der Waals surface area contributed by atoms with Crippen LogP contribution in [0.1, 0.15) is 33.1 Å². The smallest absolute Gasteiger partial charge is 0.188 e. The Kier molecular flexibility index (Phi) is 1.33. The Labute approximate surface area is 78.8 Å². The van der Waals surface area contributed by atoms with Crippen LogP contribution in [0.2, 0.25) is 0 Å². The average molecular weight is 183 g/mol. The zero-order chi connectivity index (χ0) is 9.16. The van der Waals surface area contributed by atoms with Crippen LogP contribution in [0.25, 0.3) is 0 Å². The fraction of sp³-hybridized carbons (Fsp3) is 1.00. The van der Waals surface area contributed by atoms with Gasteiger partial charge in [-0.15, -0.1) is 0 Å². The molecule has 3 heteroatoms. The van der Waals surface area contributed by atoms with Gasteiger partial charge in [0.2, 0.25) is 0 Å². The Balaban J connectivity index is 1.90. The van der Waals surface area contributed by atoms with E-state index in [2.05, 4.69) is 19.2 Å². The number of rotatable bonds is 0. The van der Waals surface area contributed by atoms with E-state index in [4.69, 9.17) is 9.47 Å². The summed E-state index contributed by atoms with van der Waals surface area (Å²) in [5, 5.41) is 3.43. The van der Waals surface area contributed by atoms with Gasteiger partial charge in [0.1, 0.15) is 6.73 Å². The zero-order valence-corrected chi connectivity index (χ0v) is 8.35. The Morgan fingerprint density at radius 1 is 1.15 bits per heavy atom. The van der Waals surface area contributed by atoms with Gasteiger partial charge in [0.25, 0.3) is 0 Å². The lowest BCUT2D eigenvalue weighted by atomic mass is 9.86. The minimum absolute atomic E-state index is 0.181. The van der Waals surface area contributed by atoms with Crippen molar-refractivity contribution in [3.8, 4) is 0 Å². The molecule has 0 aromatic rings. The third kappa shape index (κ3) is 0.953. The topological polar surface area (TPSA) is 30.5 Å². The minimum Gasteiger partial charge on any atom is -0.347 e. The van der Waals surface area contributed by atoms with Crippen molar-refractivity contribution in [2.75, 3.05) is 13.3 Å². The molecule has 1 aliphatic carbocycles. The number of fused-ring (bicyclic) bond motifs is 1. The first-order chi connectivity index (χ1) is 6.08. The molecular weight excluding hydrogens is 166 g/mol. The lowest BCUT2D eigenvalue weighted by molar-refractivity contribution is -0.192. The van der Waals surface area contributed by atoms with Crippen molar-refractivity contribution in [1.29, 1.82) is 0 Å². The van der Waals surface area contributed by atoms with E-state index in [1.165, 1.54) is 12.8 Å². The molecule has 0 aromatic heterocycles. The van der Waals surface area contributed by atoms with Crippen LogP contribution >= 0.6 is 0 Å². The fourth-order valence-electron chi connectivity index (χ4n) is 2.69. The third-order valence-electron chi connectivity index (χ3n) is 3.60. The normalized spacial score (nSPS) is 44.8. The maximum atomic E-state index is 5.91. The van der Waals surface area contributed by atoms with Gasteiger partial charge in [-0.05, 0) is 18.3 Å². The van der Waals surface area contributed by atoms with Crippen molar-refractivity contribution in [2.45, 2.75) is 44.4 Å². The van der Waals surface area contributed by atoms with E-state index in [0.717, 1.165) is 13.0 Å². The number of hydrogen-bond donors (Lipinski definition) is 1. The van der Waals surface area contributed by atoms with Gasteiger partial charge in [-0.2, -0.15) is 0 Å². The van der Waals surface area contributed by atoms with Crippen molar-refractivity contribution < 1.29 is 9.47 Å². The first-order valence-electron chi connectivity index (χ1n) is 5.11. The van der Waals surface area contributed by atoms with Crippen LogP contribution in [0.3, 0.4) is 0 Å². The quantitative estimate of drug-likeness (QED) is 0.613. The Morgan fingerprint density at radius 2 is 1.92 bits per heavy atom. The van der Waals surface area contributed by atoms with E-state index in [0.29, 0.717) is 6.73 Å². The molecule has 2 heterocycles. The highest BCUT2D eigenvalue weighted by atomic mass is 16.7. The second-order valence-electron chi connectivity index (χ2n) is 5.43. The highest BCUT2D eigenvalue weighted by Gasteiger charge is 2.68. The van der Waals surface area contributed by atoms with Gasteiger partial charge in [0.05, 0.1) is 12.1 Å².